The van der Waals surface area contributed by atoms with E-state index in [9.17, 15) is 30.3 Å². The number of aliphatic hydroxyl groups excluding tert-OH is 5. The van der Waals surface area contributed by atoms with Gasteiger partial charge in [0.1, 0.15) is 24.4 Å². The monoisotopic (exact) mass is 826 g/mol. The molecule has 1 heterocycles. The van der Waals surface area contributed by atoms with Crippen LogP contribution in [-0.4, -0.2) is 87.5 Å². The molecule has 1 amide bonds. The molecule has 6 N–H and O–H groups in total. The fraction of sp³-hybridized carbons (Fsp3) is 0.660. The zero-order chi connectivity index (χ0) is 43.0. The lowest BCUT2D eigenvalue weighted by molar-refractivity contribution is -0.302. The van der Waals surface area contributed by atoms with Gasteiger partial charge in [-0.25, -0.2) is 0 Å². The molecule has 9 heteroatoms. The maximum absolute atomic E-state index is 13.0. The number of hydrogen-bond acceptors (Lipinski definition) is 8. The summed E-state index contributed by atoms with van der Waals surface area (Å²) in [6.45, 7) is 3.58. The third kappa shape index (κ3) is 29.9. The molecule has 0 radical (unpaired) electrons. The van der Waals surface area contributed by atoms with E-state index in [1.165, 1.54) is 32.1 Å². The van der Waals surface area contributed by atoms with Crippen molar-refractivity contribution in [3.05, 3.63) is 97.2 Å². The van der Waals surface area contributed by atoms with Gasteiger partial charge in [-0.15, -0.1) is 0 Å². The summed E-state index contributed by atoms with van der Waals surface area (Å²) in [5.41, 5.74) is 0. The molecular weight excluding hydrogens is 743 g/mol. The molecule has 336 valence electrons. The summed E-state index contributed by atoms with van der Waals surface area (Å²) in [4.78, 5) is 13.0. The molecule has 0 aromatic heterocycles. The topological polar surface area (TPSA) is 149 Å². The van der Waals surface area contributed by atoms with E-state index in [0.717, 1.165) is 103 Å². The van der Waals surface area contributed by atoms with Crippen molar-refractivity contribution in [1.82, 2.24) is 5.32 Å². The third-order valence-corrected chi connectivity index (χ3v) is 10.1. The van der Waals surface area contributed by atoms with E-state index >= 15 is 0 Å². The molecule has 1 aliphatic rings. The first-order chi connectivity index (χ1) is 28.8. The highest BCUT2D eigenvalue weighted by atomic mass is 16.7. The van der Waals surface area contributed by atoms with Gasteiger partial charge in [-0.3, -0.25) is 4.79 Å². The number of nitrogens with one attached hydrogen (secondary N) is 1. The fourth-order valence-corrected chi connectivity index (χ4v) is 6.45. The van der Waals surface area contributed by atoms with Crippen LogP contribution in [-0.2, 0) is 14.3 Å². The molecule has 9 nitrogen and oxygen atoms in total. The van der Waals surface area contributed by atoms with Crippen molar-refractivity contribution < 1.29 is 39.8 Å². The predicted octanol–water partition coefficient (Wildman–Crippen LogP) is 9.72. The Hall–Kier alpha value is -2.89. The number of aliphatic hydroxyl groups is 5. The minimum absolute atomic E-state index is 0.216. The van der Waals surface area contributed by atoms with E-state index in [4.69, 9.17) is 9.47 Å². The average Bonchev–Trinajstić information content (AvgIpc) is 3.23. The summed E-state index contributed by atoms with van der Waals surface area (Å²) in [6.07, 6.45) is 48.7. The largest absolute Gasteiger partial charge is 0.394 e. The van der Waals surface area contributed by atoms with Gasteiger partial charge in [-0.2, -0.15) is 0 Å². The Bertz CT molecular complexity index is 1240. The van der Waals surface area contributed by atoms with E-state index < -0.39 is 49.5 Å². The SMILES string of the molecule is CC/C=C\C/C=C\C/C=C\C/C=C\C/C=C\CCCCCCCC(=O)NC(COC1OC(CO)C(O)C(O)C1O)C(O)/C=C/CC/C=C/CC/C=C/CCCCCCC. The molecule has 0 aromatic rings. The Balaban J connectivity index is 2.41. The van der Waals surface area contributed by atoms with Crippen LogP contribution < -0.4 is 5.32 Å². The zero-order valence-electron chi connectivity index (χ0n) is 36.7. The van der Waals surface area contributed by atoms with E-state index in [0.29, 0.717) is 6.42 Å². The molecule has 59 heavy (non-hydrogen) atoms. The molecule has 7 atom stereocenters. The van der Waals surface area contributed by atoms with E-state index in [1.54, 1.807) is 6.08 Å². The molecule has 1 saturated heterocycles. The molecule has 0 aliphatic carbocycles. The van der Waals surface area contributed by atoms with Crippen LogP contribution >= 0.6 is 0 Å². The highest BCUT2D eigenvalue weighted by molar-refractivity contribution is 5.76. The zero-order valence-corrected chi connectivity index (χ0v) is 36.7. The molecule has 1 aliphatic heterocycles. The van der Waals surface area contributed by atoms with Gasteiger partial charge in [-0.1, -0.05) is 156 Å². The summed E-state index contributed by atoms with van der Waals surface area (Å²) in [5.74, 6) is -0.216. The number of carbonyl (C=O) groups is 1. The fourth-order valence-electron chi connectivity index (χ4n) is 6.45. The molecule has 0 saturated carbocycles. The quantitative estimate of drug-likeness (QED) is 0.0270. The molecule has 0 spiro atoms. The number of allylic oxidation sites excluding steroid dienone is 15. The first kappa shape index (κ1) is 54.1. The van der Waals surface area contributed by atoms with Crippen LogP contribution in [0.5, 0.6) is 0 Å². The second kappa shape index (κ2) is 39.3. The minimum Gasteiger partial charge on any atom is -0.394 e. The van der Waals surface area contributed by atoms with Gasteiger partial charge in [0.05, 0.1) is 25.4 Å². The van der Waals surface area contributed by atoms with Crippen molar-refractivity contribution in [3.63, 3.8) is 0 Å². The lowest BCUT2D eigenvalue weighted by atomic mass is 9.99. The lowest BCUT2D eigenvalue weighted by Crippen LogP contribution is -2.60. The first-order valence-electron chi connectivity index (χ1n) is 23.0. The van der Waals surface area contributed by atoms with Gasteiger partial charge in [0.2, 0.25) is 5.91 Å². The van der Waals surface area contributed by atoms with Crippen LogP contribution in [0.25, 0.3) is 0 Å². The van der Waals surface area contributed by atoms with Crippen molar-refractivity contribution in [2.75, 3.05) is 13.2 Å². The molecule has 7 unspecified atom stereocenters. The molecule has 1 fully saturated rings. The van der Waals surface area contributed by atoms with Crippen LogP contribution in [0.4, 0.5) is 0 Å². The van der Waals surface area contributed by atoms with Crippen LogP contribution in [0.2, 0.25) is 0 Å². The number of amides is 1. The molecular formula is C50H83NO8. The van der Waals surface area contributed by atoms with Gasteiger partial charge >= 0.3 is 0 Å². The van der Waals surface area contributed by atoms with E-state index in [2.05, 4.69) is 104 Å². The third-order valence-electron chi connectivity index (χ3n) is 10.1. The molecule has 0 bridgehead atoms. The second-order valence-electron chi connectivity index (χ2n) is 15.4. The van der Waals surface area contributed by atoms with Crippen molar-refractivity contribution in [2.24, 2.45) is 0 Å². The highest BCUT2D eigenvalue weighted by Gasteiger charge is 2.44. The summed E-state index contributed by atoms with van der Waals surface area (Å²) in [5, 5.41) is 54.1. The maximum atomic E-state index is 13.0. The van der Waals surface area contributed by atoms with Crippen LogP contribution in [0.3, 0.4) is 0 Å². The summed E-state index contributed by atoms with van der Waals surface area (Å²) in [7, 11) is 0. The standard InChI is InChI=1S/C50H83NO8/c1-3-5-7-9-11-13-15-17-19-20-21-22-23-24-26-28-30-32-34-36-38-40-46(54)51-43(42-58-50-49(57)48(56)47(55)45(41-52)59-50)44(53)39-37-35-33-31-29-27-25-18-16-14-12-10-8-6-4-2/h5,7,11,13,16-19,21-22,24,26,29,31,37,39,43-45,47-50,52-53,55-57H,3-4,6,8-10,12,14-15,20,23,25,27-28,30,32-36,38,40-42H2,1-2H3,(H,51,54)/b7-5-,13-11-,18-16+,19-17-,22-21-,26-24-,31-29+,39-37+. The summed E-state index contributed by atoms with van der Waals surface area (Å²) < 4.78 is 11.2. The Morgan fingerprint density at radius 1 is 0.593 bits per heavy atom. The number of hydrogen-bond donors (Lipinski definition) is 6. The molecule has 1 rings (SSSR count). The number of carbonyl (C=O) groups excluding carboxylic acids is 1. The van der Waals surface area contributed by atoms with Gasteiger partial charge in [0.15, 0.2) is 6.29 Å². The average molecular weight is 826 g/mol. The molecule has 0 aromatic carbocycles. The smallest absolute Gasteiger partial charge is 0.220 e. The van der Waals surface area contributed by atoms with Gasteiger partial charge < -0.3 is 40.3 Å². The Labute approximate surface area is 358 Å². The van der Waals surface area contributed by atoms with Crippen LogP contribution in [0, 0.1) is 0 Å². The summed E-state index contributed by atoms with van der Waals surface area (Å²) >= 11 is 0. The normalized spacial score (nSPS) is 21.6. The Morgan fingerprint density at radius 2 is 1.07 bits per heavy atom. The van der Waals surface area contributed by atoms with Crippen LogP contribution in [0.15, 0.2) is 97.2 Å². The Morgan fingerprint density at radius 3 is 1.63 bits per heavy atom. The maximum Gasteiger partial charge on any atom is 0.220 e. The number of unbranched alkanes of at least 4 members (excludes halogenated alkanes) is 12. The minimum atomic E-state index is -1.58. The van der Waals surface area contributed by atoms with Crippen molar-refractivity contribution in [1.29, 1.82) is 0 Å². The first-order valence-corrected chi connectivity index (χ1v) is 23.0. The summed E-state index contributed by atoms with van der Waals surface area (Å²) in [6, 6.07) is -0.844. The van der Waals surface area contributed by atoms with E-state index in [-0.39, 0.29) is 12.5 Å². The predicted molar refractivity (Wildman–Crippen MR) is 244 cm³/mol. The second-order valence-corrected chi connectivity index (χ2v) is 15.4. The van der Waals surface area contributed by atoms with Gasteiger partial charge in [0, 0.05) is 6.42 Å². The lowest BCUT2D eigenvalue weighted by Gasteiger charge is -2.40. The number of ether oxygens (including phenoxy) is 2. The van der Waals surface area contributed by atoms with Crippen molar-refractivity contribution in [3.8, 4) is 0 Å². The van der Waals surface area contributed by atoms with Crippen LogP contribution in [0.1, 0.15) is 155 Å². The van der Waals surface area contributed by atoms with Gasteiger partial charge in [-0.05, 0) is 89.9 Å². The Kier molecular flexibility index (Phi) is 36.0. The number of rotatable bonds is 36. The van der Waals surface area contributed by atoms with Crippen molar-refractivity contribution in [2.45, 2.75) is 198 Å². The van der Waals surface area contributed by atoms with E-state index in [1.807, 2.05) is 6.08 Å². The van der Waals surface area contributed by atoms with Gasteiger partial charge in [0.25, 0.3) is 0 Å². The van der Waals surface area contributed by atoms with Crippen molar-refractivity contribution >= 4 is 5.91 Å². The highest BCUT2D eigenvalue weighted by Crippen LogP contribution is 2.22.